The summed E-state index contributed by atoms with van der Waals surface area (Å²) >= 11 is 3.04. The molecular formula is C10H9BrF2O3. The topological polar surface area (TPSA) is 46.5 Å². The molecule has 1 unspecified atom stereocenters. The van der Waals surface area contributed by atoms with Crippen LogP contribution in [0.1, 0.15) is 17.3 Å². The molecule has 0 spiro atoms. The van der Waals surface area contributed by atoms with Gasteiger partial charge in [-0.05, 0) is 25.1 Å². The monoisotopic (exact) mass is 294 g/mol. The van der Waals surface area contributed by atoms with E-state index in [1.165, 1.54) is 25.1 Å². The minimum Gasteiger partial charge on any atom is -0.508 e. The number of carbonyl (C=O) groups excluding carboxylic acids is 1. The standard InChI is InChI=1S/C10H9BrF2O3/c1-5(14)9(11)7-4-6(15)2-3-8(7)16-10(12)13/h2-4,9-10,15H,1H3. The third-order valence-corrected chi connectivity index (χ3v) is 2.98. The summed E-state index contributed by atoms with van der Waals surface area (Å²) in [6, 6.07) is 3.60. The molecule has 1 N–H and O–H groups in total. The lowest BCUT2D eigenvalue weighted by Gasteiger charge is -2.13. The number of ether oxygens (including phenoxy) is 1. The van der Waals surface area contributed by atoms with Crippen LogP contribution in [-0.4, -0.2) is 17.5 Å². The molecule has 88 valence electrons. The van der Waals surface area contributed by atoms with E-state index in [2.05, 4.69) is 20.7 Å². The van der Waals surface area contributed by atoms with E-state index >= 15 is 0 Å². The third-order valence-electron chi connectivity index (χ3n) is 1.84. The number of aromatic hydroxyl groups is 1. The minimum atomic E-state index is -2.98. The maximum absolute atomic E-state index is 12.1. The van der Waals surface area contributed by atoms with Crippen molar-refractivity contribution in [1.82, 2.24) is 0 Å². The molecule has 3 nitrogen and oxygen atoms in total. The smallest absolute Gasteiger partial charge is 0.387 e. The van der Waals surface area contributed by atoms with Crippen LogP contribution in [0, 0.1) is 0 Å². The molecule has 16 heavy (non-hydrogen) atoms. The summed E-state index contributed by atoms with van der Waals surface area (Å²) in [7, 11) is 0. The molecule has 1 rings (SSSR count). The average Bonchev–Trinajstić information content (AvgIpc) is 2.18. The van der Waals surface area contributed by atoms with Crippen LogP contribution in [0.15, 0.2) is 18.2 Å². The number of phenolic OH excluding ortho intramolecular Hbond substituents is 1. The summed E-state index contributed by atoms with van der Waals surface area (Å²) in [5.74, 6) is -0.531. The van der Waals surface area contributed by atoms with Crippen LogP contribution in [0.2, 0.25) is 0 Å². The van der Waals surface area contributed by atoms with Crippen LogP contribution >= 0.6 is 15.9 Å². The summed E-state index contributed by atoms with van der Waals surface area (Å²) in [6.07, 6.45) is 0. The normalized spacial score (nSPS) is 12.6. The molecule has 1 atom stereocenters. The molecule has 0 aromatic heterocycles. The van der Waals surface area contributed by atoms with E-state index in [1.54, 1.807) is 0 Å². The summed E-state index contributed by atoms with van der Waals surface area (Å²) in [5.41, 5.74) is 0.174. The highest BCUT2D eigenvalue weighted by Gasteiger charge is 2.20. The Morgan fingerprint density at radius 2 is 2.12 bits per heavy atom. The van der Waals surface area contributed by atoms with E-state index in [0.29, 0.717) is 0 Å². The lowest BCUT2D eigenvalue weighted by Crippen LogP contribution is -2.08. The SMILES string of the molecule is CC(=O)C(Br)c1cc(O)ccc1OC(F)F. The predicted octanol–water partition coefficient (Wildman–Crippen LogP) is 3.02. The second-order valence-corrected chi connectivity index (χ2v) is 3.99. The first kappa shape index (κ1) is 12.9. The van der Waals surface area contributed by atoms with Crippen LogP contribution in [0.5, 0.6) is 11.5 Å². The summed E-state index contributed by atoms with van der Waals surface area (Å²) in [5, 5.41) is 9.23. The lowest BCUT2D eigenvalue weighted by atomic mass is 10.1. The van der Waals surface area contributed by atoms with Crippen LogP contribution < -0.4 is 4.74 Å². The van der Waals surface area contributed by atoms with Crippen molar-refractivity contribution in [3.8, 4) is 11.5 Å². The molecule has 0 aliphatic heterocycles. The predicted molar refractivity (Wildman–Crippen MR) is 57.1 cm³/mol. The Morgan fingerprint density at radius 1 is 1.50 bits per heavy atom. The number of alkyl halides is 3. The Kier molecular flexibility index (Phi) is 4.23. The minimum absolute atomic E-state index is 0.123. The van der Waals surface area contributed by atoms with Crippen molar-refractivity contribution in [2.24, 2.45) is 0 Å². The van der Waals surface area contributed by atoms with Gasteiger partial charge < -0.3 is 9.84 Å². The largest absolute Gasteiger partial charge is 0.508 e. The second-order valence-electron chi connectivity index (χ2n) is 3.07. The number of Topliss-reactive ketones (excluding diaryl/α,β-unsaturated/α-hetero) is 1. The molecule has 1 aromatic carbocycles. The molecule has 0 aliphatic rings. The molecule has 0 saturated heterocycles. The van der Waals surface area contributed by atoms with Gasteiger partial charge in [0.05, 0.1) is 0 Å². The number of phenols is 1. The number of halogens is 3. The van der Waals surface area contributed by atoms with E-state index in [9.17, 15) is 18.7 Å². The molecule has 6 heteroatoms. The maximum Gasteiger partial charge on any atom is 0.387 e. The first-order valence-corrected chi connectivity index (χ1v) is 5.25. The van der Waals surface area contributed by atoms with Gasteiger partial charge in [0.15, 0.2) is 0 Å². The number of ketones is 1. The molecule has 0 saturated carbocycles. The molecule has 1 aromatic rings. The average molecular weight is 295 g/mol. The quantitative estimate of drug-likeness (QED) is 0.869. The molecule has 0 fully saturated rings. The molecular weight excluding hydrogens is 286 g/mol. The number of rotatable bonds is 4. The second kappa shape index (κ2) is 5.25. The van der Waals surface area contributed by atoms with Crippen molar-refractivity contribution in [2.75, 3.05) is 0 Å². The summed E-state index contributed by atoms with van der Waals surface area (Å²) in [6.45, 7) is -1.68. The van der Waals surface area contributed by atoms with Crippen molar-refractivity contribution in [2.45, 2.75) is 18.4 Å². The van der Waals surface area contributed by atoms with Gasteiger partial charge in [-0.3, -0.25) is 4.79 Å². The Bertz CT molecular complexity index is 396. The van der Waals surface area contributed by atoms with Gasteiger partial charge in [0.25, 0.3) is 0 Å². The Balaban J connectivity index is 3.12. The molecule has 0 bridgehead atoms. The van der Waals surface area contributed by atoms with Gasteiger partial charge in [0.2, 0.25) is 0 Å². The van der Waals surface area contributed by atoms with Crippen LogP contribution in [0.25, 0.3) is 0 Å². The fourth-order valence-corrected chi connectivity index (χ4v) is 1.51. The van der Waals surface area contributed by atoms with Gasteiger partial charge in [-0.25, -0.2) is 0 Å². The van der Waals surface area contributed by atoms with Gasteiger partial charge in [-0.2, -0.15) is 8.78 Å². The first-order chi connectivity index (χ1) is 7.41. The highest BCUT2D eigenvalue weighted by Crippen LogP contribution is 2.35. The van der Waals surface area contributed by atoms with E-state index < -0.39 is 11.4 Å². The Hall–Kier alpha value is -1.17. The van der Waals surface area contributed by atoms with E-state index in [-0.39, 0.29) is 22.8 Å². The van der Waals surface area contributed by atoms with Gasteiger partial charge in [-0.15, -0.1) is 0 Å². The zero-order chi connectivity index (χ0) is 12.3. The van der Waals surface area contributed by atoms with E-state index in [0.717, 1.165) is 0 Å². The maximum atomic E-state index is 12.1. The zero-order valence-electron chi connectivity index (χ0n) is 8.28. The number of hydrogen-bond acceptors (Lipinski definition) is 3. The van der Waals surface area contributed by atoms with Crippen LogP contribution in [0.4, 0.5) is 8.78 Å². The highest BCUT2D eigenvalue weighted by molar-refractivity contribution is 9.09. The van der Waals surface area contributed by atoms with Crippen LogP contribution in [-0.2, 0) is 4.79 Å². The first-order valence-electron chi connectivity index (χ1n) is 4.34. The number of benzene rings is 1. The van der Waals surface area contributed by atoms with Crippen molar-refractivity contribution < 1.29 is 23.4 Å². The fraction of sp³-hybridized carbons (Fsp3) is 0.300. The van der Waals surface area contributed by atoms with Crippen molar-refractivity contribution in [1.29, 1.82) is 0 Å². The third kappa shape index (κ3) is 3.16. The molecule has 0 radical (unpaired) electrons. The Morgan fingerprint density at radius 3 is 2.62 bits per heavy atom. The van der Waals surface area contributed by atoms with Gasteiger partial charge in [0, 0.05) is 5.56 Å². The zero-order valence-corrected chi connectivity index (χ0v) is 9.87. The summed E-state index contributed by atoms with van der Waals surface area (Å²) in [4.78, 5) is 10.3. The van der Waals surface area contributed by atoms with E-state index in [4.69, 9.17) is 0 Å². The van der Waals surface area contributed by atoms with Crippen molar-refractivity contribution >= 4 is 21.7 Å². The lowest BCUT2D eigenvalue weighted by molar-refractivity contribution is -0.116. The van der Waals surface area contributed by atoms with Gasteiger partial charge in [0.1, 0.15) is 22.1 Å². The molecule has 0 heterocycles. The van der Waals surface area contributed by atoms with Crippen molar-refractivity contribution in [3.63, 3.8) is 0 Å². The molecule has 0 aliphatic carbocycles. The number of carbonyl (C=O) groups is 1. The highest BCUT2D eigenvalue weighted by atomic mass is 79.9. The molecule has 0 amide bonds. The fourth-order valence-electron chi connectivity index (χ4n) is 1.16. The van der Waals surface area contributed by atoms with Crippen LogP contribution in [0.3, 0.4) is 0 Å². The van der Waals surface area contributed by atoms with Crippen molar-refractivity contribution in [3.05, 3.63) is 23.8 Å². The summed E-state index contributed by atoms with van der Waals surface area (Å²) < 4.78 is 28.4. The van der Waals surface area contributed by atoms with E-state index in [1.807, 2.05) is 0 Å². The van der Waals surface area contributed by atoms with Gasteiger partial charge >= 0.3 is 6.61 Å². The number of hydrogen-bond donors (Lipinski definition) is 1. The van der Waals surface area contributed by atoms with Gasteiger partial charge in [-0.1, -0.05) is 15.9 Å². The Labute approximate surface area is 99.2 Å².